The van der Waals surface area contributed by atoms with E-state index in [-0.39, 0.29) is 5.41 Å². The van der Waals surface area contributed by atoms with E-state index in [4.69, 9.17) is 4.74 Å². The topological polar surface area (TPSA) is 48.9 Å². The maximum absolute atomic E-state index is 6.06. The third-order valence-electron chi connectivity index (χ3n) is 6.00. The van der Waals surface area contributed by atoms with Crippen molar-refractivity contribution < 1.29 is 4.74 Å². The number of piperidine rings is 1. The van der Waals surface area contributed by atoms with Gasteiger partial charge >= 0.3 is 0 Å². The second-order valence-electron chi connectivity index (χ2n) is 8.30. The van der Waals surface area contributed by atoms with Gasteiger partial charge in [-0.3, -0.25) is 4.99 Å². The maximum atomic E-state index is 6.06. The van der Waals surface area contributed by atoms with Crippen LogP contribution in [0.25, 0.3) is 0 Å². The summed E-state index contributed by atoms with van der Waals surface area (Å²) >= 11 is 0. The Hall–Kier alpha value is -0.810. The van der Waals surface area contributed by atoms with Crippen LogP contribution in [0.2, 0.25) is 0 Å². The number of ether oxygens (including phenoxy) is 1. The van der Waals surface area contributed by atoms with Crippen LogP contribution in [0.3, 0.4) is 0 Å². The highest BCUT2D eigenvalue weighted by Crippen LogP contribution is 2.42. The summed E-state index contributed by atoms with van der Waals surface area (Å²) in [5.41, 5.74) is 0.163. The minimum absolute atomic E-state index is 0.163. The first kappa shape index (κ1) is 20.5. The van der Waals surface area contributed by atoms with Gasteiger partial charge in [-0.2, -0.15) is 0 Å². The van der Waals surface area contributed by atoms with Gasteiger partial charge in [0, 0.05) is 44.2 Å². The molecular weight excluding hydrogens is 312 g/mol. The summed E-state index contributed by atoms with van der Waals surface area (Å²) in [5.74, 6) is 0.957. The molecule has 2 aliphatic rings. The van der Waals surface area contributed by atoms with E-state index in [1.165, 1.54) is 45.3 Å². The fourth-order valence-electron chi connectivity index (χ4n) is 3.93. The molecule has 2 N–H and O–H groups in total. The zero-order chi connectivity index (χ0) is 18.3. The lowest BCUT2D eigenvalue weighted by Crippen LogP contribution is -2.64. The number of aliphatic imine (C=N–C) groups is 1. The Kier molecular flexibility index (Phi) is 8.01. The number of hydrogen-bond acceptors (Lipinski definition) is 3. The van der Waals surface area contributed by atoms with Crippen molar-refractivity contribution in [1.82, 2.24) is 15.5 Å². The minimum atomic E-state index is 0.163. The molecule has 1 saturated carbocycles. The number of nitrogens with zero attached hydrogens (tertiary/aromatic N) is 2. The molecule has 1 saturated heterocycles. The van der Waals surface area contributed by atoms with Gasteiger partial charge in [0.1, 0.15) is 0 Å². The second kappa shape index (κ2) is 9.77. The van der Waals surface area contributed by atoms with Gasteiger partial charge in [-0.25, -0.2) is 0 Å². The van der Waals surface area contributed by atoms with Crippen LogP contribution in [0.4, 0.5) is 0 Å². The van der Waals surface area contributed by atoms with E-state index in [0.29, 0.717) is 18.2 Å². The summed E-state index contributed by atoms with van der Waals surface area (Å²) in [5, 5.41) is 7.29. The van der Waals surface area contributed by atoms with Gasteiger partial charge in [0.15, 0.2) is 5.96 Å². The first-order chi connectivity index (χ1) is 12.0. The molecule has 146 valence electrons. The number of likely N-dealkylation sites (tertiary alicyclic amines) is 1. The zero-order valence-corrected chi connectivity index (χ0v) is 17.1. The van der Waals surface area contributed by atoms with Gasteiger partial charge in [-0.15, -0.1) is 0 Å². The van der Waals surface area contributed by atoms with E-state index >= 15 is 0 Å². The van der Waals surface area contributed by atoms with Gasteiger partial charge in [0.25, 0.3) is 0 Å². The first-order valence-electron chi connectivity index (χ1n) is 10.3. The Labute approximate surface area is 155 Å². The van der Waals surface area contributed by atoms with Crippen LogP contribution in [0.1, 0.15) is 66.2 Å². The molecule has 0 aromatic carbocycles. The van der Waals surface area contributed by atoms with Crippen molar-refractivity contribution in [1.29, 1.82) is 0 Å². The van der Waals surface area contributed by atoms with E-state index < -0.39 is 0 Å². The fourth-order valence-corrected chi connectivity index (χ4v) is 3.93. The van der Waals surface area contributed by atoms with Gasteiger partial charge in [0.2, 0.25) is 0 Å². The molecule has 2 fully saturated rings. The normalized spacial score (nSPS) is 27.8. The largest absolute Gasteiger partial charge is 0.378 e. The molecule has 25 heavy (non-hydrogen) atoms. The van der Waals surface area contributed by atoms with Gasteiger partial charge in [-0.1, -0.05) is 34.1 Å². The minimum Gasteiger partial charge on any atom is -0.378 e. The van der Waals surface area contributed by atoms with Crippen LogP contribution in [-0.2, 0) is 4.74 Å². The molecule has 0 amide bonds. The number of hydrogen-bond donors (Lipinski definition) is 2. The summed E-state index contributed by atoms with van der Waals surface area (Å²) in [4.78, 5) is 7.04. The standard InChI is InChI=1S/C20H40N4O/c1-6-8-14-25-18-15-17(20(18,3)4)23-19(21-5)22-16-9-12-24(11-7-2)13-10-16/h16-18H,6-15H2,1-5H3,(H2,21,22,23). The van der Waals surface area contributed by atoms with Crippen LogP contribution in [0.15, 0.2) is 4.99 Å². The first-order valence-corrected chi connectivity index (χ1v) is 10.3. The quantitative estimate of drug-likeness (QED) is 0.400. The van der Waals surface area contributed by atoms with Crippen LogP contribution in [0, 0.1) is 5.41 Å². The Bertz CT molecular complexity index is 416. The lowest BCUT2D eigenvalue weighted by Gasteiger charge is -2.52. The second-order valence-corrected chi connectivity index (χ2v) is 8.30. The number of unbranched alkanes of at least 4 members (excludes halogenated alkanes) is 1. The van der Waals surface area contributed by atoms with Crippen LogP contribution in [0.5, 0.6) is 0 Å². The van der Waals surface area contributed by atoms with E-state index in [1.54, 1.807) is 0 Å². The predicted octanol–water partition coefficient (Wildman–Crippen LogP) is 3.01. The summed E-state index contributed by atoms with van der Waals surface area (Å²) < 4.78 is 6.06. The highest BCUT2D eigenvalue weighted by Gasteiger charge is 2.49. The summed E-state index contributed by atoms with van der Waals surface area (Å²) in [6.45, 7) is 13.6. The average molecular weight is 353 g/mol. The molecular formula is C20H40N4O. The van der Waals surface area contributed by atoms with Crippen molar-refractivity contribution in [3.8, 4) is 0 Å². The Morgan fingerprint density at radius 1 is 1.16 bits per heavy atom. The highest BCUT2D eigenvalue weighted by atomic mass is 16.5. The molecule has 0 aromatic rings. The van der Waals surface area contributed by atoms with E-state index in [2.05, 4.69) is 48.2 Å². The molecule has 5 heteroatoms. The molecule has 1 aliphatic heterocycles. The van der Waals surface area contributed by atoms with Crippen LogP contribution < -0.4 is 10.6 Å². The van der Waals surface area contributed by atoms with Crippen LogP contribution in [-0.4, -0.2) is 62.3 Å². The molecule has 0 aromatic heterocycles. The molecule has 2 unspecified atom stereocenters. The van der Waals surface area contributed by atoms with Crippen LogP contribution >= 0.6 is 0 Å². The Morgan fingerprint density at radius 3 is 2.44 bits per heavy atom. The summed E-state index contributed by atoms with van der Waals surface area (Å²) in [6.07, 6.45) is 7.46. The van der Waals surface area contributed by atoms with Gasteiger partial charge in [0.05, 0.1) is 6.10 Å². The smallest absolute Gasteiger partial charge is 0.191 e. The monoisotopic (exact) mass is 352 g/mol. The maximum Gasteiger partial charge on any atom is 0.191 e. The summed E-state index contributed by atoms with van der Waals surface area (Å²) in [7, 11) is 1.88. The van der Waals surface area contributed by atoms with E-state index in [0.717, 1.165) is 25.4 Å². The molecule has 0 spiro atoms. The van der Waals surface area contributed by atoms with Crippen molar-refractivity contribution in [2.24, 2.45) is 10.4 Å². The zero-order valence-electron chi connectivity index (χ0n) is 17.1. The molecule has 2 atom stereocenters. The van der Waals surface area contributed by atoms with Crippen molar-refractivity contribution >= 4 is 5.96 Å². The van der Waals surface area contributed by atoms with Gasteiger partial charge in [-0.05, 0) is 38.6 Å². The average Bonchev–Trinajstić information content (AvgIpc) is 2.61. The van der Waals surface area contributed by atoms with Crippen molar-refractivity contribution in [3.63, 3.8) is 0 Å². The lowest BCUT2D eigenvalue weighted by atomic mass is 9.64. The van der Waals surface area contributed by atoms with Crippen molar-refractivity contribution in [3.05, 3.63) is 0 Å². The molecule has 0 radical (unpaired) electrons. The van der Waals surface area contributed by atoms with E-state index in [1.807, 2.05) is 7.05 Å². The third-order valence-corrected chi connectivity index (χ3v) is 6.00. The molecule has 0 bridgehead atoms. The molecule has 1 heterocycles. The highest BCUT2D eigenvalue weighted by molar-refractivity contribution is 5.80. The molecule has 5 nitrogen and oxygen atoms in total. The number of rotatable bonds is 8. The van der Waals surface area contributed by atoms with Crippen molar-refractivity contribution in [2.45, 2.75) is 84.4 Å². The van der Waals surface area contributed by atoms with Crippen molar-refractivity contribution in [2.75, 3.05) is 33.3 Å². The molecule has 1 aliphatic carbocycles. The fraction of sp³-hybridized carbons (Fsp3) is 0.950. The Balaban J connectivity index is 1.74. The molecule has 2 rings (SSSR count). The number of nitrogens with one attached hydrogen (secondary N) is 2. The Morgan fingerprint density at radius 2 is 1.88 bits per heavy atom. The van der Waals surface area contributed by atoms with Gasteiger partial charge < -0.3 is 20.3 Å². The lowest BCUT2D eigenvalue weighted by molar-refractivity contribution is -0.113. The predicted molar refractivity (Wildman–Crippen MR) is 106 cm³/mol. The number of guanidine groups is 1. The summed E-state index contributed by atoms with van der Waals surface area (Å²) in [6, 6.07) is 0.976. The SMILES string of the molecule is CCCCOC1CC(NC(=NC)NC2CCN(CCC)CC2)C1(C)C. The van der Waals surface area contributed by atoms with E-state index in [9.17, 15) is 0 Å². The third kappa shape index (κ3) is 5.58.